The number of ether oxygens (including phenoxy) is 1. The molecule has 2 aliphatic rings. The Balaban J connectivity index is 1.66. The Kier molecular flexibility index (Phi) is 6.40. The van der Waals surface area contributed by atoms with Crippen LogP contribution in [0.2, 0.25) is 0 Å². The van der Waals surface area contributed by atoms with E-state index in [2.05, 4.69) is 10.8 Å². The van der Waals surface area contributed by atoms with Gasteiger partial charge >= 0.3 is 0 Å². The molecule has 32 heavy (non-hydrogen) atoms. The van der Waals surface area contributed by atoms with Gasteiger partial charge in [-0.25, -0.2) is 13.1 Å². The van der Waals surface area contributed by atoms with Crippen LogP contribution in [0.25, 0.3) is 11.1 Å². The average Bonchev–Trinajstić information content (AvgIpc) is 3.49. The van der Waals surface area contributed by atoms with Crippen LogP contribution in [0, 0.1) is 5.41 Å². The molecule has 0 unspecified atom stereocenters. The summed E-state index contributed by atoms with van der Waals surface area (Å²) in [5.41, 5.74) is 2.89. The Morgan fingerprint density at radius 1 is 1.19 bits per heavy atom. The second kappa shape index (κ2) is 8.94. The first kappa shape index (κ1) is 22.9. The third kappa shape index (κ3) is 4.88. The Morgan fingerprint density at radius 2 is 1.88 bits per heavy atom. The van der Waals surface area contributed by atoms with Gasteiger partial charge in [0, 0.05) is 25.1 Å². The Hall–Kier alpha value is -2.26. The molecule has 3 atom stereocenters. The van der Waals surface area contributed by atoms with Crippen LogP contribution in [0.5, 0.6) is 0 Å². The van der Waals surface area contributed by atoms with Crippen molar-refractivity contribution < 1.29 is 23.1 Å². The lowest BCUT2D eigenvalue weighted by atomic mass is 9.91. The highest BCUT2D eigenvalue weighted by molar-refractivity contribution is 7.88. The predicted octanol–water partition coefficient (Wildman–Crippen LogP) is 1.81. The number of methoxy groups -OCH3 is 1. The fourth-order valence-electron chi connectivity index (χ4n) is 4.85. The molecule has 172 valence electrons. The monoisotopic (exact) mass is 458 g/mol. The van der Waals surface area contributed by atoms with Gasteiger partial charge in [0.2, 0.25) is 10.0 Å². The Labute approximate surface area is 189 Å². The van der Waals surface area contributed by atoms with Gasteiger partial charge in [-0.05, 0) is 36.0 Å². The number of carbonyl (C=O) groups is 1. The van der Waals surface area contributed by atoms with E-state index in [0.717, 1.165) is 35.8 Å². The SMILES string of the molecule is COC[C@@H](O)C(=O)N1CC2(CC2)[C@H](NS(C)(=O)=O)[C@@H]1Cc1cccc(-c2ccccc2)c1. The number of amides is 1. The molecular formula is C24H30N2O5S. The fraction of sp³-hybridized carbons (Fsp3) is 0.458. The average molecular weight is 459 g/mol. The van der Waals surface area contributed by atoms with Crippen molar-refractivity contribution in [2.75, 3.05) is 26.5 Å². The summed E-state index contributed by atoms with van der Waals surface area (Å²) in [5, 5.41) is 10.3. The summed E-state index contributed by atoms with van der Waals surface area (Å²) < 4.78 is 32.1. The van der Waals surface area contributed by atoms with Crippen LogP contribution >= 0.6 is 0 Å². The van der Waals surface area contributed by atoms with Crippen LogP contribution in [-0.2, 0) is 26.0 Å². The molecule has 8 heteroatoms. The van der Waals surface area contributed by atoms with Crippen molar-refractivity contribution in [3.63, 3.8) is 0 Å². The van der Waals surface area contributed by atoms with Gasteiger partial charge in [0.1, 0.15) is 0 Å². The zero-order valence-corrected chi connectivity index (χ0v) is 19.2. The maximum Gasteiger partial charge on any atom is 0.254 e. The van der Waals surface area contributed by atoms with Gasteiger partial charge in [-0.3, -0.25) is 4.79 Å². The van der Waals surface area contributed by atoms with Crippen molar-refractivity contribution in [2.24, 2.45) is 5.41 Å². The largest absolute Gasteiger partial charge is 0.381 e. The van der Waals surface area contributed by atoms with Crippen LogP contribution < -0.4 is 4.72 Å². The van der Waals surface area contributed by atoms with E-state index >= 15 is 0 Å². The standard InChI is InChI=1S/C24H30N2O5S/c1-31-15-21(27)23(28)26-16-24(11-12-24)22(25-32(2,29)30)20(26)14-17-7-6-10-19(13-17)18-8-4-3-5-9-18/h3-10,13,20-22,25,27H,11-12,14-16H2,1-2H3/t20-,21+,22+/m0/s1. The van der Waals surface area contributed by atoms with Gasteiger partial charge < -0.3 is 14.7 Å². The van der Waals surface area contributed by atoms with E-state index in [1.54, 1.807) is 4.90 Å². The smallest absolute Gasteiger partial charge is 0.254 e. The molecule has 1 aliphatic carbocycles. The number of hydrogen-bond donors (Lipinski definition) is 2. The molecule has 1 saturated carbocycles. The molecule has 0 bridgehead atoms. The second-order valence-electron chi connectivity index (χ2n) is 9.01. The highest BCUT2D eigenvalue weighted by atomic mass is 32.2. The third-order valence-corrected chi connectivity index (χ3v) is 7.22. The van der Waals surface area contributed by atoms with Crippen molar-refractivity contribution in [3.8, 4) is 11.1 Å². The van der Waals surface area contributed by atoms with E-state index in [9.17, 15) is 18.3 Å². The molecule has 7 nitrogen and oxygen atoms in total. The molecule has 1 amide bonds. The first-order valence-electron chi connectivity index (χ1n) is 10.8. The lowest BCUT2D eigenvalue weighted by Crippen LogP contribution is -2.51. The van der Waals surface area contributed by atoms with Gasteiger partial charge in [-0.15, -0.1) is 0 Å². The van der Waals surface area contributed by atoms with Crippen molar-refractivity contribution in [3.05, 3.63) is 60.2 Å². The quantitative estimate of drug-likeness (QED) is 0.629. The summed E-state index contributed by atoms with van der Waals surface area (Å²) in [6.45, 7) is 0.339. The van der Waals surface area contributed by atoms with E-state index in [-0.39, 0.29) is 12.0 Å². The van der Waals surface area contributed by atoms with E-state index in [4.69, 9.17) is 4.74 Å². The number of benzene rings is 2. The number of aliphatic hydroxyl groups is 1. The summed E-state index contributed by atoms with van der Waals surface area (Å²) in [6, 6.07) is 17.3. The van der Waals surface area contributed by atoms with Crippen LogP contribution in [0.4, 0.5) is 0 Å². The summed E-state index contributed by atoms with van der Waals surface area (Å²) in [7, 11) is -2.04. The molecule has 0 aromatic heterocycles. The topological polar surface area (TPSA) is 95.9 Å². The van der Waals surface area contributed by atoms with Crippen LogP contribution in [-0.4, -0.2) is 69.0 Å². The van der Waals surface area contributed by atoms with E-state index < -0.39 is 34.1 Å². The highest BCUT2D eigenvalue weighted by Crippen LogP contribution is 2.55. The van der Waals surface area contributed by atoms with Gasteiger partial charge in [-0.1, -0.05) is 54.6 Å². The van der Waals surface area contributed by atoms with Crippen LogP contribution in [0.15, 0.2) is 54.6 Å². The minimum atomic E-state index is -3.47. The molecular weight excluding hydrogens is 428 g/mol. The van der Waals surface area contributed by atoms with E-state index in [0.29, 0.717) is 13.0 Å². The molecule has 2 aromatic rings. The maximum atomic E-state index is 13.1. The highest BCUT2D eigenvalue weighted by Gasteiger charge is 2.61. The lowest BCUT2D eigenvalue weighted by molar-refractivity contribution is -0.143. The molecule has 2 aromatic carbocycles. The maximum absolute atomic E-state index is 13.1. The number of sulfonamides is 1. The zero-order valence-electron chi connectivity index (χ0n) is 18.4. The van der Waals surface area contributed by atoms with Crippen LogP contribution in [0.1, 0.15) is 18.4 Å². The van der Waals surface area contributed by atoms with Gasteiger partial charge in [-0.2, -0.15) is 0 Å². The van der Waals surface area contributed by atoms with Crippen molar-refractivity contribution in [1.82, 2.24) is 9.62 Å². The minimum Gasteiger partial charge on any atom is -0.381 e. The number of likely N-dealkylation sites (tertiary alicyclic amines) is 1. The second-order valence-corrected chi connectivity index (χ2v) is 10.8. The third-order valence-electron chi connectivity index (χ3n) is 6.53. The molecule has 0 radical (unpaired) electrons. The number of hydrogen-bond acceptors (Lipinski definition) is 5. The summed E-state index contributed by atoms with van der Waals surface area (Å²) in [6.07, 6.45) is 2.07. The van der Waals surface area contributed by atoms with Crippen molar-refractivity contribution in [1.29, 1.82) is 0 Å². The first-order chi connectivity index (χ1) is 15.2. The molecule has 4 rings (SSSR count). The Bertz CT molecular complexity index is 1070. The van der Waals surface area contributed by atoms with Crippen molar-refractivity contribution >= 4 is 15.9 Å². The van der Waals surface area contributed by atoms with E-state index in [1.807, 2.05) is 48.5 Å². The Morgan fingerprint density at radius 3 is 2.50 bits per heavy atom. The van der Waals surface area contributed by atoms with Crippen molar-refractivity contribution in [2.45, 2.75) is 37.5 Å². The zero-order chi connectivity index (χ0) is 22.9. The van der Waals surface area contributed by atoms with Gasteiger partial charge in [0.15, 0.2) is 6.10 Å². The molecule has 2 fully saturated rings. The summed E-state index contributed by atoms with van der Waals surface area (Å²) >= 11 is 0. The van der Waals surface area contributed by atoms with Crippen LogP contribution in [0.3, 0.4) is 0 Å². The molecule has 1 spiro atoms. The summed E-state index contributed by atoms with van der Waals surface area (Å²) in [5.74, 6) is -0.417. The lowest BCUT2D eigenvalue weighted by Gasteiger charge is -2.30. The molecule has 1 heterocycles. The number of rotatable bonds is 8. The number of aliphatic hydroxyl groups excluding tert-OH is 1. The minimum absolute atomic E-state index is 0.0945. The predicted molar refractivity (Wildman–Crippen MR) is 122 cm³/mol. The number of nitrogens with zero attached hydrogens (tertiary/aromatic N) is 1. The fourth-order valence-corrected chi connectivity index (χ4v) is 5.72. The molecule has 1 saturated heterocycles. The van der Waals surface area contributed by atoms with Gasteiger partial charge in [0.05, 0.1) is 18.9 Å². The van der Waals surface area contributed by atoms with E-state index in [1.165, 1.54) is 7.11 Å². The summed E-state index contributed by atoms with van der Waals surface area (Å²) in [4.78, 5) is 14.7. The normalized spacial score (nSPS) is 22.8. The molecule has 1 aliphatic heterocycles. The number of nitrogens with one attached hydrogen (secondary N) is 1. The van der Waals surface area contributed by atoms with Gasteiger partial charge in [0.25, 0.3) is 5.91 Å². The molecule has 2 N–H and O–H groups in total. The number of carbonyl (C=O) groups excluding carboxylic acids is 1. The first-order valence-corrected chi connectivity index (χ1v) is 12.7.